The third kappa shape index (κ3) is 4.41. The van der Waals surface area contributed by atoms with E-state index in [-0.39, 0.29) is 24.7 Å². The molecule has 4 rings (SSSR count). The molecule has 7 nitrogen and oxygen atoms in total. The van der Waals surface area contributed by atoms with Crippen molar-refractivity contribution >= 4 is 39.1 Å². The predicted octanol–water partition coefficient (Wildman–Crippen LogP) is 3.03. The third-order valence-corrected chi connectivity index (χ3v) is 7.58. The Balaban J connectivity index is 1.38. The van der Waals surface area contributed by atoms with Crippen LogP contribution in [-0.2, 0) is 32.4 Å². The van der Waals surface area contributed by atoms with Gasteiger partial charge in [0.2, 0.25) is 10.0 Å². The van der Waals surface area contributed by atoms with Crippen molar-refractivity contribution in [3.05, 3.63) is 58.1 Å². The molecule has 164 valence electrons. The lowest BCUT2D eigenvalue weighted by atomic mass is 9.97. The van der Waals surface area contributed by atoms with Crippen LogP contribution >= 0.6 is 11.6 Å². The van der Waals surface area contributed by atoms with E-state index in [9.17, 15) is 18.0 Å². The molecule has 2 aromatic rings. The molecule has 0 radical (unpaired) electrons. The summed E-state index contributed by atoms with van der Waals surface area (Å²) in [5.41, 5.74) is 2.62. The zero-order chi connectivity index (χ0) is 22.2. The maximum Gasteiger partial charge on any atom is 0.313 e. The number of anilines is 1. The van der Waals surface area contributed by atoms with Crippen LogP contribution in [0.3, 0.4) is 0 Å². The summed E-state index contributed by atoms with van der Waals surface area (Å²) in [6, 6.07) is 10.1. The van der Waals surface area contributed by atoms with E-state index in [1.165, 1.54) is 4.31 Å². The number of sulfonamides is 1. The first-order chi connectivity index (χ1) is 14.8. The highest BCUT2D eigenvalue weighted by molar-refractivity contribution is 7.92. The molecule has 0 bridgehead atoms. The van der Waals surface area contributed by atoms with Crippen LogP contribution in [-0.4, -0.2) is 45.7 Å². The first-order valence-electron chi connectivity index (χ1n) is 10.0. The average molecular weight is 464 g/mol. The Kier molecular flexibility index (Phi) is 5.94. The molecule has 2 aliphatic rings. The van der Waals surface area contributed by atoms with Crippen molar-refractivity contribution in [2.75, 3.05) is 29.8 Å². The van der Waals surface area contributed by atoms with Crippen LogP contribution in [0.15, 0.2) is 36.4 Å². The van der Waals surface area contributed by atoms with Gasteiger partial charge in [0.15, 0.2) is 12.4 Å². The molecule has 2 aromatic carbocycles. The van der Waals surface area contributed by atoms with Crippen molar-refractivity contribution in [1.29, 1.82) is 0 Å². The number of carbonyl (C=O) groups excluding carboxylic acids is 2. The van der Waals surface area contributed by atoms with Crippen molar-refractivity contribution in [2.45, 2.75) is 19.8 Å². The molecule has 0 fully saturated rings. The summed E-state index contributed by atoms with van der Waals surface area (Å²) < 4.78 is 36.6. The number of Topliss-reactive ketones (excluding diaryl/α,β-unsaturated/α-hetero) is 1. The monoisotopic (exact) mass is 463 g/mol. The van der Waals surface area contributed by atoms with Crippen molar-refractivity contribution < 1.29 is 27.5 Å². The molecule has 31 heavy (non-hydrogen) atoms. The minimum absolute atomic E-state index is 0.0185. The SMILES string of the molecule is CCS(=O)(=O)N1CCc2cc(C(=O)COC(=O)C3COc4ccc(Cl)cc4C3)ccc21. The second kappa shape index (κ2) is 8.51. The van der Waals surface area contributed by atoms with E-state index in [0.29, 0.717) is 41.4 Å². The number of ether oxygens (including phenoxy) is 2. The molecule has 1 atom stereocenters. The van der Waals surface area contributed by atoms with Gasteiger partial charge < -0.3 is 9.47 Å². The molecule has 0 aromatic heterocycles. The Labute approximate surface area is 186 Å². The Morgan fingerprint density at radius 1 is 1.19 bits per heavy atom. The van der Waals surface area contributed by atoms with Crippen molar-refractivity contribution in [3.8, 4) is 5.75 Å². The Morgan fingerprint density at radius 2 is 2.00 bits per heavy atom. The molecule has 0 amide bonds. The topological polar surface area (TPSA) is 90.0 Å². The largest absolute Gasteiger partial charge is 0.492 e. The normalized spacial score (nSPS) is 17.5. The van der Waals surface area contributed by atoms with Gasteiger partial charge in [-0.2, -0.15) is 0 Å². The fraction of sp³-hybridized carbons (Fsp3) is 0.364. The van der Waals surface area contributed by atoms with Gasteiger partial charge >= 0.3 is 5.97 Å². The van der Waals surface area contributed by atoms with Crippen molar-refractivity contribution in [2.24, 2.45) is 5.92 Å². The summed E-state index contributed by atoms with van der Waals surface area (Å²) in [6.45, 7) is 1.77. The summed E-state index contributed by atoms with van der Waals surface area (Å²) in [6.07, 6.45) is 0.973. The number of halogens is 1. The zero-order valence-corrected chi connectivity index (χ0v) is 18.5. The van der Waals surface area contributed by atoms with Gasteiger partial charge in [-0.15, -0.1) is 0 Å². The molecule has 2 aliphatic heterocycles. The first-order valence-corrected chi connectivity index (χ1v) is 12.0. The van der Waals surface area contributed by atoms with Gasteiger partial charge in [0.05, 0.1) is 17.4 Å². The quantitative estimate of drug-likeness (QED) is 0.483. The maximum atomic E-state index is 12.6. The van der Waals surface area contributed by atoms with E-state index >= 15 is 0 Å². The minimum Gasteiger partial charge on any atom is -0.492 e. The number of benzene rings is 2. The summed E-state index contributed by atoms with van der Waals surface area (Å²) in [4.78, 5) is 25.0. The van der Waals surface area contributed by atoms with Crippen LogP contribution in [0.5, 0.6) is 5.75 Å². The van der Waals surface area contributed by atoms with Crippen LogP contribution in [0, 0.1) is 5.92 Å². The number of carbonyl (C=O) groups is 2. The van der Waals surface area contributed by atoms with Gasteiger partial charge in [-0.05, 0) is 67.3 Å². The summed E-state index contributed by atoms with van der Waals surface area (Å²) in [7, 11) is -3.34. The smallest absolute Gasteiger partial charge is 0.313 e. The summed E-state index contributed by atoms with van der Waals surface area (Å²) >= 11 is 6.00. The molecule has 1 unspecified atom stereocenters. The second-order valence-corrected chi connectivity index (χ2v) is 10.2. The lowest BCUT2D eigenvalue weighted by Crippen LogP contribution is -2.31. The van der Waals surface area contributed by atoms with E-state index in [2.05, 4.69) is 0 Å². The molecule has 0 saturated heterocycles. The lowest BCUT2D eigenvalue weighted by Gasteiger charge is -2.24. The van der Waals surface area contributed by atoms with Gasteiger partial charge in [-0.1, -0.05) is 11.6 Å². The first kappa shape index (κ1) is 21.6. The molecule has 0 saturated carbocycles. The van der Waals surface area contributed by atoms with E-state index < -0.39 is 21.9 Å². The molecule has 2 heterocycles. The third-order valence-electron chi connectivity index (χ3n) is 5.56. The standard InChI is InChI=1S/C22H22ClNO6S/c1-2-31(27,28)24-8-7-14-9-15(3-5-19(14)24)20(25)13-30-22(26)17-10-16-11-18(23)4-6-21(16)29-12-17/h3-6,9,11,17H,2,7-8,10,12-13H2,1H3. The van der Waals surface area contributed by atoms with Crippen molar-refractivity contribution in [3.63, 3.8) is 0 Å². The van der Waals surface area contributed by atoms with E-state index in [1.54, 1.807) is 43.3 Å². The van der Waals surface area contributed by atoms with Crippen LogP contribution < -0.4 is 9.04 Å². The Morgan fingerprint density at radius 3 is 2.77 bits per heavy atom. The van der Waals surface area contributed by atoms with Gasteiger partial charge in [0.1, 0.15) is 12.4 Å². The highest BCUT2D eigenvalue weighted by Gasteiger charge is 2.30. The average Bonchev–Trinajstić information content (AvgIpc) is 3.20. The fourth-order valence-electron chi connectivity index (χ4n) is 3.84. The number of hydrogen-bond donors (Lipinski definition) is 0. The van der Waals surface area contributed by atoms with E-state index in [1.807, 2.05) is 0 Å². The van der Waals surface area contributed by atoms with Crippen LogP contribution in [0.1, 0.15) is 28.4 Å². The Bertz CT molecular complexity index is 1150. The maximum absolute atomic E-state index is 12.6. The molecular formula is C22H22ClNO6S. The highest BCUT2D eigenvalue weighted by atomic mass is 35.5. The molecular weight excluding hydrogens is 442 g/mol. The number of nitrogens with zero attached hydrogens (tertiary/aromatic N) is 1. The second-order valence-electron chi connectivity index (χ2n) is 7.56. The number of ketones is 1. The zero-order valence-electron chi connectivity index (χ0n) is 17.0. The fourth-order valence-corrected chi connectivity index (χ4v) is 5.20. The molecule has 0 N–H and O–H groups in total. The summed E-state index contributed by atoms with van der Waals surface area (Å²) in [5, 5.41) is 0.563. The van der Waals surface area contributed by atoms with Gasteiger partial charge in [0.25, 0.3) is 0 Å². The van der Waals surface area contributed by atoms with Gasteiger partial charge in [-0.3, -0.25) is 13.9 Å². The molecule has 9 heteroatoms. The Hall–Kier alpha value is -2.58. The number of rotatable bonds is 6. The number of hydrogen-bond acceptors (Lipinski definition) is 6. The highest BCUT2D eigenvalue weighted by Crippen LogP contribution is 2.32. The molecule has 0 aliphatic carbocycles. The van der Waals surface area contributed by atoms with Gasteiger partial charge in [0, 0.05) is 17.1 Å². The van der Waals surface area contributed by atoms with Crippen LogP contribution in [0.25, 0.3) is 0 Å². The van der Waals surface area contributed by atoms with E-state index in [0.717, 1.165) is 11.1 Å². The number of fused-ring (bicyclic) bond motifs is 2. The van der Waals surface area contributed by atoms with Crippen LogP contribution in [0.4, 0.5) is 5.69 Å². The predicted molar refractivity (Wildman–Crippen MR) is 116 cm³/mol. The number of esters is 1. The minimum atomic E-state index is -3.34. The summed E-state index contributed by atoms with van der Waals surface area (Å²) in [5.74, 6) is -0.633. The lowest BCUT2D eigenvalue weighted by molar-refractivity contribution is -0.148. The van der Waals surface area contributed by atoms with Gasteiger partial charge in [-0.25, -0.2) is 8.42 Å². The van der Waals surface area contributed by atoms with Crippen LogP contribution in [0.2, 0.25) is 5.02 Å². The van der Waals surface area contributed by atoms with Crippen molar-refractivity contribution in [1.82, 2.24) is 0 Å². The van der Waals surface area contributed by atoms with E-state index in [4.69, 9.17) is 21.1 Å². The molecule has 0 spiro atoms.